The number of nitrogens with zero attached hydrogens (tertiary/aromatic N) is 1. The van der Waals surface area contributed by atoms with Gasteiger partial charge >= 0.3 is 5.97 Å². The van der Waals surface area contributed by atoms with E-state index in [4.69, 9.17) is 9.47 Å². The summed E-state index contributed by atoms with van der Waals surface area (Å²) < 4.78 is 12.7. The number of carbonyl (C=O) groups is 2. The molecule has 1 aromatic heterocycles. The van der Waals surface area contributed by atoms with Gasteiger partial charge in [-0.3, -0.25) is 9.59 Å². The Morgan fingerprint density at radius 1 is 1.07 bits per heavy atom. The quantitative estimate of drug-likeness (QED) is 0.473. The van der Waals surface area contributed by atoms with E-state index in [1.807, 2.05) is 43.4 Å². The molecule has 0 spiro atoms. The van der Waals surface area contributed by atoms with Gasteiger partial charge in [0.1, 0.15) is 24.1 Å². The van der Waals surface area contributed by atoms with Crippen LogP contribution in [-0.4, -0.2) is 23.4 Å². The second-order valence-corrected chi connectivity index (χ2v) is 6.58. The summed E-state index contributed by atoms with van der Waals surface area (Å²) in [6.07, 6.45) is 0.325. The maximum Gasteiger partial charge on any atom is 0.316 e. The lowest BCUT2D eigenvalue weighted by Gasteiger charge is -2.12. The highest BCUT2D eigenvalue weighted by atomic mass is 16.5. The largest absolute Gasteiger partial charge is 0.487 e. The number of benzene rings is 2. The predicted octanol–water partition coefficient (Wildman–Crippen LogP) is 3.68. The van der Waals surface area contributed by atoms with E-state index in [1.165, 1.54) is 24.9 Å². The Hall–Kier alpha value is -3.08. The molecule has 5 nitrogen and oxygen atoms in total. The van der Waals surface area contributed by atoms with Crippen LogP contribution in [0, 0.1) is 5.92 Å². The van der Waals surface area contributed by atoms with Gasteiger partial charge in [-0.15, -0.1) is 0 Å². The first kappa shape index (κ1) is 18.7. The van der Waals surface area contributed by atoms with Gasteiger partial charge in [-0.2, -0.15) is 0 Å². The lowest BCUT2D eigenvalue weighted by atomic mass is 9.96. The number of carbonyl (C=O) groups excluding carboxylic acids is 2. The molecule has 1 heterocycles. The number of Topliss-reactive ketones (excluding diaryl/α,β-unsaturated/α-hetero) is 1. The Morgan fingerprint density at radius 2 is 1.78 bits per heavy atom. The van der Waals surface area contributed by atoms with Crippen molar-refractivity contribution in [1.82, 2.24) is 4.57 Å². The molecule has 0 saturated heterocycles. The SMILES string of the molecule is COC(=O)C(Cc1ccc(OCc2cc3ccccc3n2C)cc1)C(C)=O. The summed E-state index contributed by atoms with van der Waals surface area (Å²) in [5.41, 5.74) is 3.14. The molecule has 0 aliphatic heterocycles. The van der Waals surface area contributed by atoms with E-state index in [1.54, 1.807) is 0 Å². The number of aromatic nitrogens is 1. The molecule has 0 saturated carbocycles. The van der Waals surface area contributed by atoms with Gasteiger partial charge in [0.15, 0.2) is 0 Å². The Labute approximate surface area is 158 Å². The molecular formula is C22H23NO4. The number of ketones is 1. The van der Waals surface area contributed by atoms with Crippen LogP contribution in [0.5, 0.6) is 5.75 Å². The Morgan fingerprint density at radius 3 is 2.41 bits per heavy atom. The maximum absolute atomic E-state index is 11.7. The van der Waals surface area contributed by atoms with Gasteiger partial charge in [0.25, 0.3) is 0 Å². The van der Waals surface area contributed by atoms with Crippen LogP contribution in [0.3, 0.4) is 0 Å². The zero-order valence-corrected chi connectivity index (χ0v) is 15.8. The topological polar surface area (TPSA) is 57.5 Å². The molecule has 0 aliphatic rings. The number of methoxy groups -OCH3 is 1. The third-order valence-electron chi connectivity index (χ3n) is 4.78. The minimum atomic E-state index is -0.766. The summed E-state index contributed by atoms with van der Waals surface area (Å²) in [6.45, 7) is 1.87. The van der Waals surface area contributed by atoms with E-state index in [2.05, 4.69) is 22.8 Å². The Balaban J connectivity index is 1.66. The molecule has 0 radical (unpaired) electrons. The number of ether oxygens (including phenoxy) is 2. The van der Waals surface area contributed by atoms with Crippen LogP contribution in [0.4, 0.5) is 0 Å². The molecule has 1 atom stereocenters. The smallest absolute Gasteiger partial charge is 0.316 e. The maximum atomic E-state index is 11.7. The first-order chi connectivity index (χ1) is 13.0. The average molecular weight is 365 g/mol. The highest BCUT2D eigenvalue weighted by molar-refractivity contribution is 5.97. The van der Waals surface area contributed by atoms with Crippen molar-refractivity contribution in [3.05, 3.63) is 65.9 Å². The van der Waals surface area contributed by atoms with Crippen molar-refractivity contribution < 1.29 is 19.1 Å². The lowest BCUT2D eigenvalue weighted by Crippen LogP contribution is -2.25. The molecular weight excluding hydrogens is 342 g/mol. The molecule has 140 valence electrons. The van der Waals surface area contributed by atoms with Crippen molar-refractivity contribution in [3.63, 3.8) is 0 Å². The van der Waals surface area contributed by atoms with Crippen LogP contribution in [0.1, 0.15) is 18.2 Å². The summed E-state index contributed by atoms with van der Waals surface area (Å²) in [6, 6.07) is 17.8. The van der Waals surface area contributed by atoms with Gasteiger partial charge in [-0.25, -0.2) is 0 Å². The molecule has 27 heavy (non-hydrogen) atoms. The average Bonchev–Trinajstić information content (AvgIpc) is 3.00. The van der Waals surface area contributed by atoms with Crippen LogP contribution >= 0.6 is 0 Å². The predicted molar refractivity (Wildman–Crippen MR) is 104 cm³/mol. The molecule has 0 N–H and O–H groups in total. The fourth-order valence-corrected chi connectivity index (χ4v) is 3.13. The first-order valence-electron chi connectivity index (χ1n) is 8.83. The van der Waals surface area contributed by atoms with Crippen LogP contribution in [0.25, 0.3) is 10.9 Å². The summed E-state index contributed by atoms with van der Waals surface area (Å²) in [7, 11) is 3.32. The van der Waals surface area contributed by atoms with Gasteiger partial charge in [0.05, 0.1) is 12.8 Å². The van der Waals surface area contributed by atoms with E-state index < -0.39 is 11.9 Å². The molecule has 0 aliphatic carbocycles. The number of rotatable bonds is 7. The normalized spacial score (nSPS) is 12.0. The highest BCUT2D eigenvalue weighted by Crippen LogP contribution is 2.21. The fourth-order valence-electron chi connectivity index (χ4n) is 3.13. The summed E-state index contributed by atoms with van der Waals surface area (Å²) in [5, 5.41) is 1.19. The number of hydrogen-bond donors (Lipinski definition) is 0. The molecule has 2 aromatic carbocycles. The number of para-hydroxylation sites is 1. The van der Waals surface area contributed by atoms with Crippen LogP contribution in [0.2, 0.25) is 0 Å². The molecule has 0 bridgehead atoms. The van der Waals surface area contributed by atoms with Crippen molar-refractivity contribution >= 4 is 22.7 Å². The van der Waals surface area contributed by atoms with Crippen LogP contribution in [0.15, 0.2) is 54.6 Å². The lowest BCUT2D eigenvalue weighted by molar-refractivity contribution is -0.148. The third-order valence-corrected chi connectivity index (χ3v) is 4.78. The van der Waals surface area contributed by atoms with E-state index in [9.17, 15) is 9.59 Å². The summed E-state index contributed by atoms with van der Waals surface area (Å²) in [4.78, 5) is 23.4. The monoisotopic (exact) mass is 365 g/mol. The van der Waals surface area contributed by atoms with Crippen molar-refractivity contribution in [2.45, 2.75) is 20.0 Å². The number of esters is 1. The minimum absolute atomic E-state index is 0.196. The van der Waals surface area contributed by atoms with Crippen molar-refractivity contribution in [3.8, 4) is 5.75 Å². The molecule has 5 heteroatoms. The number of fused-ring (bicyclic) bond motifs is 1. The van der Waals surface area contributed by atoms with E-state index >= 15 is 0 Å². The molecule has 0 amide bonds. The second-order valence-electron chi connectivity index (χ2n) is 6.58. The van der Waals surface area contributed by atoms with E-state index in [0.29, 0.717) is 13.0 Å². The van der Waals surface area contributed by atoms with Gasteiger partial charge in [-0.1, -0.05) is 30.3 Å². The molecule has 1 unspecified atom stereocenters. The zero-order valence-electron chi connectivity index (χ0n) is 15.8. The molecule has 3 aromatic rings. The van der Waals surface area contributed by atoms with Crippen LogP contribution < -0.4 is 4.74 Å². The summed E-state index contributed by atoms with van der Waals surface area (Å²) >= 11 is 0. The molecule has 3 rings (SSSR count). The van der Waals surface area contributed by atoms with E-state index in [-0.39, 0.29) is 5.78 Å². The summed E-state index contributed by atoms with van der Waals surface area (Å²) in [5.74, 6) is -0.726. The minimum Gasteiger partial charge on any atom is -0.487 e. The molecule has 0 fully saturated rings. The highest BCUT2D eigenvalue weighted by Gasteiger charge is 2.24. The van der Waals surface area contributed by atoms with Gasteiger partial charge in [0, 0.05) is 12.6 Å². The standard InChI is InChI=1S/C22H23NO4/c1-15(24)20(22(25)26-3)12-16-8-10-19(11-9-16)27-14-18-13-17-6-4-5-7-21(17)23(18)2/h4-11,13,20H,12,14H2,1-3H3. The van der Waals surface area contributed by atoms with Gasteiger partial charge in [-0.05, 0) is 48.6 Å². The van der Waals surface area contributed by atoms with Gasteiger partial charge < -0.3 is 14.0 Å². The number of aryl methyl sites for hydroxylation is 1. The number of hydrogen-bond acceptors (Lipinski definition) is 4. The Bertz CT molecular complexity index is 956. The van der Waals surface area contributed by atoms with Crippen molar-refractivity contribution in [2.24, 2.45) is 13.0 Å². The van der Waals surface area contributed by atoms with Crippen LogP contribution in [-0.2, 0) is 34.4 Å². The zero-order chi connectivity index (χ0) is 19.4. The fraction of sp³-hybridized carbons (Fsp3) is 0.273. The Kier molecular flexibility index (Phi) is 5.60. The first-order valence-corrected chi connectivity index (χ1v) is 8.83. The van der Waals surface area contributed by atoms with E-state index in [0.717, 1.165) is 17.0 Å². The second kappa shape index (κ2) is 8.08. The third kappa shape index (κ3) is 4.19. The van der Waals surface area contributed by atoms with Crippen molar-refractivity contribution in [2.75, 3.05) is 7.11 Å². The van der Waals surface area contributed by atoms with Crippen molar-refractivity contribution in [1.29, 1.82) is 0 Å². The van der Waals surface area contributed by atoms with Gasteiger partial charge in [0.2, 0.25) is 0 Å².